The number of carboxylic acid groups (broad SMARTS) is 1. The van der Waals surface area contributed by atoms with Crippen molar-refractivity contribution in [1.29, 1.82) is 0 Å². The van der Waals surface area contributed by atoms with Gasteiger partial charge in [-0.2, -0.15) is 33.7 Å². The molecule has 0 atom stereocenters. The van der Waals surface area contributed by atoms with E-state index < -0.39 is 94.3 Å². The van der Waals surface area contributed by atoms with Crippen molar-refractivity contribution < 1.29 is 71.0 Å². The van der Waals surface area contributed by atoms with Crippen molar-refractivity contribution in [3.63, 3.8) is 0 Å². The smallest absolute Gasteiger partial charge is 0.303 e. The van der Waals surface area contributed by atoms with Gasteiger partial charge in [0.05, 0.1) is 26.5 Å². The fourth-order valence-electron chi connectivity index (χ4n) is 6.30. The van der Waals surface area contributed by atoms with E-state index in [1.807, 2.05) is 0 Å². The van der Waals surface area contributed by atoms with Gasteiger partial charge >= 0.3 is 5.97 Å². The second-order valence-electron chi connectivity index (χ2n) is 13.0. The summed E-state index contributed by atoms with van der Waals surface area (Å²) in [6.07, 6.45) is -0.158. The fourth-order valence-corrected chi connectivity index (χ4v) is 8.81. The van der Waals surface area contributed by atoms with Crippen LogP contribution in [0.5, 0.6) is 0 Å². The average Bonchev–Trinajstić information content (AvgIpc) is 3.15. The molecule has 1 aliphatic carbocycles. The molecule has 0 saturated carbocycles. The van der Waals surface area contributed by atoms with Crippen LogP contribution < -0.4 is 10.7 Å². The lowest BCUT2D eigenvalue weighted by Gasteiger charge is -2.23. The summed E-state index contributed by atoms with van der Waals surface area (Å²) in [5, 5.41) is 11.2. The maximum atomic E-state index is 14.0. The molecule has 19 nitrogen and oxygen atoms in total. The predicted octanol–water partition coefficient (Wildman–Crippen LogP) is 5.10. The first kappa shape index (κ1) is 43.5. The summed E-state index contributed by atoms with van der Waals surface area (Å²) >= 11 is 0. The van der Waals surface area contributed by atoms with Crippen LogP contribution in [0.4, 0.5) is 17.1 Å². The lowest BCUT2D eigenvalue weighted by atomic mass is 9.90. The first-order valence-corrected chi connectivity index (χ1v) is 22.8. The number of carbonyl (C=O) groups is 2. The maximum absolute atomic E-state index is 14.0. The Morgan fingerprint density at radius 1 is 0.683 bits per heavy atom. The largest absolute Gasteiger partial charge is 0.481 e. The molecule has 1 amide bonds. The molecular weight excluding hydrogens is 871 g/mol. The molecule has 4 aromatic carbocycles. The summed E-state index contributed by atoms with van der Waals surface area (Å²) in [6, 6.07) is 19.3. The first-order chi connectivity index (χ1) is 27.9. The Balaban J connectivity index is 1.72. The normalized spacial score (nSPS) is 12.8. The number of nitrogens with one attached hydrogen (secondary N) is 1. The van der Waals surface area contributed by atoms with Crippen molar-refractivity contribution in [1.82, 2.24) is 4.90 Å². The minimum Gasteiger partial charge on any atom is -0.481 e. The number of rotatable bonds is 13. The number of carboxylic acids is 1. The Morgan fingerprint density at radius 3 is 1.83 bits per heavy atom. The van der Waals surface area contributed by atoms with E-state index in [4.69, 9.17) is 9.52 Å². The number of aliphatic carboxylic acids is 1. The van der Waals surface area contributed by atoms with Gasteiger partial charge in [0.15, 0.2) is 21.1 Å². The van der Waals surface area contributed by atoms with Gasteiger partial charge in [-0.05, 0) is 90.8 Å². The number of carbonyl (C=O) groups excluding carboxylic acids is 1. The highest BCUT2D eigenvalue weighted by atomic mass is 32.2. The van der Waals surface area contributed by atoms with Gasteiger partial charge in [0.2, 0.25) is 0 Å². The summed E-state index contributed by atoms with van der Waals surface area (Å²) in [6.45, 7) is 0.00121. The van der Waals surface area contributed by atoms with Crippen LogP contribution in [0, 0.1) is 0 Å². The molecule has 6 N–H and O–H groups in total. The van der Waals surface area contributed by atoms with Gasteiger partial charge in [0, 0.05) is 47.8 Å². The van der Waals surface area contributed by atoms with Crippen molar-refractivity contribution in [2.75, 3.05) is 18.9 Å². The second kappa shape index (κ2) is 16.2. The number of fused-ring (bicyclic) bond motifs is 2. The van der Waals surface area contributed by atoms with Gasteiger partial charge in [-0.3, -0.25) is 27.8 Å². The molecule has 4 aromatic rings. The Hall–Kier alpha value is -6.05. The minimum absolute atomic E-state index is 0.00121. The summed E-state index contributed by atoms with van der Waals surface area (Å²) in [5.74, 6) is -2.45. The van der Waals surface area contributed by atoms with E-state index in [1.54, 1.807) is 0 Å². The number of benzene rings is 5. The molecule has 2 aliphatic rings. The molecule has 6 rings (SSSR count). The molecule has 0 aromatic heterocycles. The predicted molar refractivity (Wildman–Crippen MR) is 213 cm³/mol. The number of amides is 1. The van der Waals surface area contributed by atoms with Crippen molar-refractivity contribution in [3.05, 3.63) is 108 Å². The lowest BCUT2D eigenvalue weighted by Crippen LogP contribution is -2.28. The average molecular weight is 902 g/mol. The molecule has 60 heavy (non-hydrogen) atoms. The summed E-state index contributed by atoms with van der Waals surface area (Å²) in [5.41, 5.74) is -1.29. The third kappa shape index (κ3) is 9.22. The van der Waals surface area contributed by atoms with Crippen molar-refractivity contribution >= 4 is 80.4 Å². The lowest BCUT2D eigenvalue weighted by molar-refractivity contribution is -0.137. The third-order valence-corrected chi connectivity index (χ3v) is 12.5. The molecule has 0 radical (unpaired) electrons. The highest BCUT2D eigenvalue weighted by Gasteiger charge is 2.33. The van der Waals surface area contributed by atoms with E-state index >= 15 is 0 Å². The fraction of sp³-hybridized carbons (Fsp3) is 0.108. The first-order valence-electron chi connectivity index (χ1n) is 17.0. The van der Waals surface area contributed by atoms with Crippen LogP contribution in [0.15, 0.2) is 126 Å². The zero-order chi connectivity index (χ0) is 43.9. The van der Waals surface area contributed by atoms with Crippen molar-refractivity contribution in [2.24, 2.45) is 4.99 Å². The Morgan fingerprint density at radius 2 is 1.27 bits per heavy atom. The molecule has 1 aliphatic heterocycles. The summed E-state index contributed by atoms with van der Waals surface area (Å²) < 4.78 is 146. The van der Waals surface area contributed by atoms with E-state index in [0.717, 1.165) is 54.6 Å². The van der Waals surface area contributed by atoms with E-state index in [1.165, 1.54) is 54.4 Å². The van der Waals surface area contributed by atoms with Crippen LogP contribution in [-0.4, -0.2) is 87.4 Å². The Labute approximate surface area is 341 Å². The van der Waals surface area contributed by atoms with E-state index in [9.17, 15) is 61.5 Å². The van der Waals surface area contributed by atoms with Gasteiger partial charge in [-0.25, -0.2) is 4.99 Å². The van der Waals surface area contributed by atoms with Crippen molar-refractivity contribution in [2.45, 2.75) is 32.4 Å². The van der Waals surface area contributed by atoms with Crippen molar-refractivity contribution in [3.8, 4) is 22.5 Å². The molecule has 0 fully saturated rings. The van der Waals surface area contributed by atoms with Crippen LogP contribution in [0.1, 0.15) is 23.2 Å². The van der Waals surface area contributed by atoms with E-state index in [-0.39, 0.29) is 58.4 Å². The zero-order valence-corrected chi connectivity index (χ0v) is 33.9. The monoisotopic (exact) mass is 901 g/mol. The van der Waals surface area contributed by atoms with Gasteiger partial charge < -0.3 is 19.7 Å². The van der Waals surface area contributed by atoms with Gasteiger partial charge in [-0.15, -0.1) is 0 Å². The molecular formula is C37H31N3O16S4. The quantitative estimate of drug-likeness (QED) is 0.0648. The number of nitrogens with zero attached hydrogens (tertiary/aromatic N) is 2. The summed E-state index contributed by atoms with van der Waals surface area (Å²) in [4.78, 5) is 27.6. The standard InChI is InChI=1S/C37H31N3O16S4/c1-40(20-4-7-31(41)42)37(43)26-6-3-2-5-25(26)32-27-16-18-29(38-21-8-12-23(13-9-21)57(44,45)46)35(59(50,51)52)33(27)56-34-28(32)17-19-30(36(34)60(53,54)55)39-22-10-14-24(15-11-22)58(47,48)49/h2-3,5-6,8-19,38H,4,7,20H2,1H3,(H,41,42)(H,44,45,46)(H,47,48,49)(H,50,51,52)(H,53,54,55)/b39-30+. The van der Waals surface area contributed by atoms with Crippen LogP contribution in [-0.2, 0) is 45.3 Å². The maximum Gasteiger partial charge on any atom is 0.303 e. The number of hydrogen-bond acceptors (Lipinski definition) is 13. The minimum atomic E-state index is -5.40. The molecule has 0 spiro atoms. The van der Waals surface area contributed by atoms with Crippen LogP contribution >= 0.6 is 0 Å². The van der Waals surface area contributed by atoms with Crippen LogP contribution in [0.3, 0.4) is 0 Å². The Bertz CT molecular complexity index is 3200. The molecule has 0 saturated heterocycles. The number of anilines is 2. The number of hydrogen-bond donors (Lipinski definition) is 6. The highest BCUT2D eigenvalue weighted by molar-refractivity contribution is 7.86. The SMILES string of the molecule is CN(CCCC(=O)O)C(=O)c1ccccc1-c1c2cc/c(=N\c3ccc(S(=O)(=O)O)cc3)c(S(=O)(=O)O)c-2oc2c(S(=O)(=O)O)c(Nc3ccc(S(=O)(=O)O)cc3)ccc12. The molecule has 1 heterocycles. The highest BCUT2D eigenvalue weighted by Crippen LogP contribution is 2.46. The van der Waals surface area contributed by atoms with Crippen LogP contribution in [0.2, 0.25) is 0 Å². The molecule has 0 bridgehead atoms. The van der Waals surface area contributed by atoms with Gasteiger partial charge in [0.1, 0.15) is 0 Å². The Kier molecular flexibility index (Phi) is 11.7. The van der Waals surface area contributed by atoms with Gasteiger partial charge in [0.25, 0.3) is 46.4 Å². The molecule has 23 heteroatoms. The molecule has 314 valence electrons. The van der Waals surface area contributed by atoms with E-state index in [2.05, 4.69) is 10.3 Å². The second-order valence-corrected chi connectivity index (χ2v) is 18.6. The van der Waals surface area contributed by atoms with Crippen LogP contribution in [0.25, 0.3) is 33.4 Å². The molecule has 0 unspecified atom stereocenters. The topological polar surface area (TPSA) is 313 Å². The zero-order valence-electron chi connectivity index (χ0n) is 30.6. The summed E-state index contributed by atoms with van der Waals surface area (Å²) in [7, 11) is -18.6. The third-order valence-electron chi connectivity index (χ3n) is 8.94. The van der Waals surface area contributed by atoms with Gasteiger partial charge in [-0.1, -0.05) is 18.2 Å². The van der Waals surface area contributed by atoms with E-state index in [0.29, 0.717) is 0 Å².